The average molecular weight is 294 g/mol. The van der Waals surface area contributed by atoms with Crippen LogP contribution in [0.4, 0.5) is 0 Å². The standard InChI is InChI=1S/C14H16ClN3O2/c1-9-17-14(18-20-9)8-19-13-4-2-3-12(15)11(13)7-16-10-5-6-10/h2-4,10,16H,5-8H2,1H3. The van der Waals surface area contributed by atoms with Crippen LogP contribution in [0, 0.1) is 6.92 Å². The lowest BCUT2D eigenvalue weighted by Gasteiger charge is -2.12. The van der Waals surface area contributed by atoms with Gasteiger partial charge in [0.05, 0.1) is 0 Å². The number of aryl methyl sites for hydroxylation is 1. The molecule has 0 radical (unpaired) electrons. The smallest absolute Gasteiger partial charge is 0.223 e. The Labute approximate surface area is 122 Å². The van der Waals surface area contributed by atoms with Gasteiger partial charge in [0.15, 0.2) is 6.61 Å². The summed E-state index contributed by atoms with van der Waals surface area (Å²) in [6, 6.07) is 6.28. The Balaban J connectivity index is 1.68. The van der Waals surface area contributed by atoms with E-state index in [9.17, 15) is 0 Å². The number of nitrogens with zero attached hydrogens (tertiary/aromatic N) is 2. The third-order valence-corrected chi connectivity index (χ3v) is 3.50. The minimum absolute atomic E-state index is 0.272. The molecule has 1 saturated carbocycles. The first-order valence-corrected chi connectivity index (χ1v) is 7.03. The van der Waals surface area contributed by atoms with E-state index in [1.54, 1.807) is 6.92 Å². The van der Waals surface area contributed by atoms with Gasteiger partial charge in [0.2, 0.25) is 11.7 Å². The van der Waals surface area contributed by atoms with E-state index in [1.165, 1.54) is 12.8 Å². The van der Waals surface area contributed by atoms with Crippen LogP contribution in [-0.4, -0.2) is 16.2 Å². The molecule has 0 aliphatic heterocycles. The van der Waals surface area contributed by atoms with Crippen molar-refractivity contribution < 1.29 is 9.26 Å². The maximum absolute atomic E-state index is 6.25. The van der Waals surface area contributed by atoms with Crippen molar-refractivity contribution in [2.75, 3.05) is 0 Å². The summed E-state index contributed by atoms with van der Waals surface area (Å²) in [5.41, 5.74) is 0.973. The molecule has 0 amide bonds. The quantitative estimate of drug-likeness (QED) is 0.887. The Hall–Kier alpha value is -1.59. The van der Waals surface area contributed by atoms with Gasteiger partial charge in [-0.1, -0.05) is 22.8 Å². The van der Waals surface area contributed by atoms with E-state index < -0.39 is 0 Å². The molecule has 1 heterocycles. The molecule has 1 N–H and O–H groups in total. The molecule has 6 heteroatoms. The van der Waals surface area contributed by atoms with Gasteiger partial charge < -0.3 is 14.6 Å². The number of halogens is 1. The molecular formula is C14H16ClN3O2. The van der Waals surface area contributed by atoms with Crippen molar-refractivity contribution in [3.8, 4) is 5.75 Å². The first-order valence-electron chi connectivity index (χ1n) is 6.65. The summed E-state index contributed by atoms with van der Waals surface area (Å²) < 4.78 is 10.7. The SMILES string of the molecule is Cc1nc(COc2cccc(Cl)c2CNC2CC2)no1. The zero-order valence-corrected chi connectivity index (χ0v) is 12.0. The van der Waals surface area contributed by atoms with Crippen LogP contribution in [0.2, 0.25) is 5.02 Å². The minimum atomic E-state index is 0.272. The third-order valence-electron chi connectivity index (χ3n) is 3.15. The molecule has 1 aromatic carbocycles. The maximum Gasteiger partial charge on any atom is 0.223 e. The number of hydrogen-bond acceptors (Lipinski definition) is 5. The van der Waals surface area contributed by atoms with E-state index in [4.69, 9.17) is 20.9 Å². The van der Waals surface area contributed by atoms with Crippen LogP contribution in [0.1, 0.15) is 30.1 Å². The minimum Gasteiger partial charge on any atom is -0.485 e. The first kappa shape index (κ1) is 13.4. The number of benzene rings is 1. The van der Waals surface area contributed by atoms with Crippen molar-refractivity contribution in [3.05, 3.63) is 40.5 Å². The van der Waals surface area contributed by atoms with Crippen molar-refractivity contribution in [2.24, 2.45) is 0 Å². The van der Waals surface area contributed by atoms with Crippen molar-refractivity contribution in [2.45, 2.75) is 39.0 Å². The van der Waals surface area contributed by atoms with E-state index in [0.717, 1.165) is 11.3 Å². The van der Waals surface area contributed by atoms with Gasteiger partial charge in [-0.05, 0) is 25.0 Å². The molecule has 0 spiro atoms. The molecule has 0 saturated heterocycles. The van der Waals surface area contributed by atoms with Gasteiger partial charge in [-0.15, -0.1) is 0 Å². The molecular weight excluding hydrogens is 278 g/mol. The van der Waals surface area contributed by atoms with Crippen molar-refractivity contribution >= 4 is 11.6 Å². The molecule has 0 atom stereocenters. The average Bonchev–Trinajstić information content (AvgIpc) is 3.17. The van der Waals surface area contributed by atoms with E-state index in [2.05, 4.69) is 15.5 Å². The van der Waals surface area contributed by atoms with Crippen LogP contribution in [-0.2, 0) is 13.2 Å². The summed E-state index contributed by atoms with van der Waals surface area (Å²) in [5, 5.41) is 7.96. The number of aromatic nitrogens is 2. The molecule has 1 aromatic heterocycles. The fraction of sp³-hybridized carbons (Fsp3) is 0.429. The zero-order chi connectivity index (χ0) is 13.9. The second-order valence-corrected chi connectivity index (χ2v) is 5.30. The summed E-state index contributed by atoms with van der Waals surface area (Å²) in [5.74, 6) is 1.82. The number of rotatable bonds is 6. The monoisotopic (exact) mass is 293 g/mol. The third kappa shape index (κ3) is 3.29. The lowest BCUT2D eigenvalue weighted by Crippen LogP contribution is -2.16. The summed E-state index contributed by atoms with van der Waals surface area (Å²) in [4.78, 5) is 4.11. The molecule has 20 heavy (non-hydrogen) atoms. The number of ether oxygens (including phenoxy) is 1. The zero-order valence-electron chi connectivity index (χ0n) is 11.2. The van der Waals surface area contributed by atoms with Gasteiger partial charge in [0.25, 0.3) is 0 Å². The fourth-order valence-electron chi connectivity index (χ4n) is 1.92. The molecule has 5 nitrogen and oxygen atoms in total. The predicted octanol–water partition coefficient (Wildman–Crippen LogP) is 2.86. The second kappa shape index (κ2) is 5.81. The van der Waals surface area contributed by atoms with Crippen LogP contribution in [0.25, 0.3) is 0 Å². The first-order chi connectivity index (χ1) is 9.72. The van der Waals surface area contributed by atoms with E-state index in [0.29, 0.717) is 29.3 Å². The molecule has 1 aliphatic rings. The molecule has 1 fully saturated rings. The number of nitrogens with one attached hydrogen (secondary N) is 1. The van der Waals surface area contributed by atoms with Crippen LogP contribution in [0.15, 0.2) is 22.7 Å². The molecule has 0 unspecified atom stereocenters. The highest BCUT2D eigenvalue weighted by atomic mass is 35.5. The van der Waals surface area contributed by atoms with Crippen molar-refractivity contribution in [3.63, 3.8) is 0 Å². The van der Waals surface area contributed by atoms with Gasteiger partial charge in [0.1, 0.15) is 5.75 Å². The Morgan fingerprint density at radius 1 is 1.45 bits per heavy atom. The predicted molar refractivity (Wildman–Crippen MR) is 74.7 cm³/mol. The fourth-order valence-corrected chi connectivity index (χ4v) is 2.15. The maximum atomic E-state index is 6.25. The van der Waals surface area contributed by atoms with Crippen LogP contribution >= 0.6 is 11.6 Å². The molecule has 3 rings (SSSR count). The molecule has 0 bridgehead atoms. The summed E-state index contributed by atoms with van der Waals surface area (Å²) in [6.07, 6.45) is 2.48. The summed E-state index contributed by atoms with van der Waals surface area (Å²) in [7, 11) is 0. The van der Waals surface area contributed by atoms with Gasteiger partial charge in [-0.25, -0.2) is 0 Å². The Morgan fingerprint density at radius 3 is 3.00 bits per heavy atom. The van der Waals surface area contributed by atoms with Gasteiger partial charge in [-0.3, -0.25) is 0 Å². The van der Waals surface area contributed by atoms with Crippen LogP contribution in [0.5, 0.6) is 5.75 Å². The van der Waals surface area contributed by atoms with Gasteiger partial charge in [-0.2, -0.15) is 4.98 Å². The topological polar surface area (TPSA) is 60.2 Å². The van der Waals surface area contributed by atoms with E-state index >= 15 is 0 Å². The van der Waals surface area contributed by atoms with E-state index in [1.807, 2.05) is 18.2 Å². The normalized spacial score (nSPS) is 14.5. The second-order valence-electron chi connectivity index (χ2n) is 4.89. The summed E-state index contributed by atoms with van der Waals surface area (Å²) in [6.45, 7) is 2.74. The lowest BCUT2D eigenvalue weighted by molar-refractivity contribution is 0.282. The van der Waals surface area contributed by atoms with Crippen molar-refractivity contribution in [1.82, 2.24) is 15.5 Å². The van der Waals surface area contributed by atoms with Crippen LogP contribution in [0.3, 0.4) is 0 Å². The molecule has 2 aromatic rings. The van der Waals surface area contributed by atoms with E-state index in [-0.39, 0.29) is 6.61 Å². The Kier molecular flexibility index (Phi) is 3.89. The lowest BCUT2D eigenvalue weighted by atomic mass is 10.2. The van der Waals surface area contributed by atoms with Gasteiger partial charge >= 0.3 is 0 Å². The molecule has 1 aliphatic carbocycles. The largest absolute Gasteiger partial charge is 0.485 e. The van der Waals surface area contributed by atoms with Crippen LogP contribution < -0.4 is 10.1 Å². The highest BCUT2D eigenvalue weighted by Gasteiger charge is 2.21. The Bertz CT molecular complexity index is 596. The molecule has 106 valence electrons. The van der Waals surface area contributed by atoms with Crippen molar-refractivity contribution in [1.29, 1.82) is 0 Å². The highest BCUT2D eigenvalue weighted by Crippen LogP contribution is 2.28. The highest BCUT2D eigenvalue weighted by molar-refractivity contribution is 6.31. The number of hydrogen-bond donors (Lipinski definition) is 1. The Morgan fingerprint density at radius 2 is 2.30 bits per heavy atom. The van der Waals surface area contributed by atoms with Gasteiger partial charge in [0, 0.05) is 30.1 Å². The summed E-state index contributed by atoms with van der Waals surface area (Å²) >= 11 is 6.25.